The van der Waals surface area contributed by atoms with E-state index in [9.17, 15) is 4.79 Å². The average Bonchev–Trinajstić information content (AvgIpc) is 3.29. The Balaban J connectivity index is 1.60. The highest BCUT2D eigenvalue weighted by molar-refractivity contribution is 7.80. The largest absolute Gasteiger partial charge is 0.346 e. The minimum atomic E-state index is 0.0446. The number of hydrogen-bond acceptors (Lipinski definition) is 2. The van der Waals surface area contributed by atoms with Crippen molar-refractivity contribution >= 4 is 29.3 Å². The van der Waals surface area contributed by atoms with Gasteiger partial charge in [-0.1, -0.05) is 19.3 Å². The van der Waals surface area contributed by atoms with Crippen LogP contribution in [0, 0.1) is 13.8 Å². The highest BCUT2D eigenvalue weighted by Gasteiger charge is 2.36. The lowest BCUT2D eigenvalue weighted by molar-refractivity contribution is -0.124. The molecule has 3 fully saturated rings. The SMILES string of the molecule is Cc1cc(/C=C2/NC(=S)N(C3CCCCC3)C2=O)c(C)n1C1CC1. The molecule has 1 saturated heterocycles. The van der Waals surface area contributed by atoms with Crippen LogP contribution in [-0.2, 0) is 4.79 Å². The summed E-state index contributed by atoms with van der Waals surface area (Å²) in [7, 11) is 0. The molecule has 0 aromatic carbocycles. The molecule has 5 heteroatoms. The predicted octanol–water partition coefficient (Wildman–Crippen LogP) is 3.83. The Morgan fingerprint density at radius 2 is 1.83 bits per heavy atom. The molecule has 3 aliphatic rings. The number of carbonyl (C=O) groups excluding carboxylic acids is 1. The summed E-state index contributed by atoms with van der Waals surface area (Å²) in [6.45, 7) is 4.30. The molecule has 1 aromatic rings. The summed E-state index contributed by atoms with van der Waals surface area (Å²) in [5.74, 6) is 0.0446. The van der Waals surface area contributed by atoms with Crippen LogP contribution in [0.3, 0.4) is 0 Å². The maximum atomic E-state index is 12.9. The number of rotatable bonds is 3. The van der Waals surface area contributed by atoms with Crippen molar-refractivity contribution < 1.29 is 4.79 Å². The molecule has 4 rings (SSSR count). The first-order valence-corrected chi connectivity index (χ1v) is 9.52. The van der Waals surface area contributed by atoms with Gasteiger partial charge in [-0.15, -0.1) is 0 Å². The van der Waals surface area contributed by atoms with Crippen LogP contribution in [0.25, 0.3) is 6.08 Å². The van der Waals surface area contributed by atoms with E-state index >= 15 is 0 Å². The summed E-state index contributed by atoms with van der Waals surface area (Å²) >= 11 is 5.46. The first-order valence-electron chi connectivity index (χ1n) is 9.11. The van der Waals surface area contributed by atoms with Crippen molar-refractivity contribution in [3.8, 4) is 0 Å². The second-order valence-electron chi connectivity index (χ2n) is 7.38. The van der Waals surface area contributed by atoms with Gasteiger partial charge in [0.25, 0.3) is 5.91 Å². The van der Waals surface area contributed by atoms with Gasteiger partial charge in [0, 0.05) is 23.5 Å². The number of aromatic nitrogens is 1. The molecule has 128 valence electrons. The van der Waals surface area contributed by atoms with Crippen molar-refractivity contribution in [1.29, 1.82) is 0 Å². The van der Waals surface area contributed by atoms with Crippen LogP contribution < -0.4 is 5.32 Å². The molecular formula is C19H25N3OS. The molecule has 1 N–H and O–H groups in total. The Bertz CT molecular complexity index is 723. The molecule has 1 amide bonds. The molecule has 0 unspecified atom stereocenters. The van der Waals surface area contributed by atoms with Gasteiger partial charge in [-0.25, -0.2) is 0 Å². The number of nitrogens with zero attached hydrogens (tertiary/aromatic N) is 2. The van der Waals surface area contributed by atoms with Crippen molar-refractivity contribution in [3.63, 3.8) is 0 Å². The lowest BCUT2D eigenvalue weighted by Gasteiger charge is -2.29. The maximum absolute atomic E-state index is 12.9. The summed E-state index contributed by atoms with van der Waals surface area (Å²) in [5.41, 5.74) is 4.28. The Morgan fingerprint density at radius 3 is 2.50 bits per heavy atom. The lowest BCUT2D eigenvalue weighted by Crippen LogP contribution is -2.41. The number of amides is 1. The third kappa shape index (κ3) is 2.69. The van der Waals surface area contributed by atoms with Gasteiger partial charge in [-0.05, 0) is 69.5 Å². The van der Waals surface area contributed by atoms with Crippen LogP contribution >= 0.6 is 12.2 Å². The normalized spacial score (nSPS) is 24.1. The van der Waals surface area contributed by atoms with Crippen molar-refractivity contribution in [2.45, 2.75) is 70.9 Å². The Labute approximate surface area is 148 Å². The first-order chi connectivity index (χ1) is 11.6. The Kier molecular flexibility index (Phi) is 3.99. The number of carbonyl (C=O) groups is 1. The van der Waals surface area contributed by atoms with E-state index in [1.54, 1.807) is 0 Å². The number of aryl methyl sites for hydroxylation is 1. The summed E-state index contributed by atoms with van der Waals surface area (Å²) in [4.78, 5) is 14.7. The zero-order valence-electron chi connectivity index (χ0n) is 14.5. The highest BCUT2D eigenvalue weighted by Crippen LogP contribution is 2.38. The van der Waals surface area contributed by atoms with Gasteiger partial charge in [0.15, 0.2) is 5.11 Å². The van der Waals surface area contributed by atoms with Crippen molar-refractivity contribution in [1.82, 2.24) is 14.8 Å². The van der Waals surface area contributed by atoms with Crippen LogP contribution in [-0.4, -0.2) is 26.5 Å². The molecule has 0 bridgehead atoms. The zero-order valence-corrected chi connectivity index (χ0v) is 15.3. The van der Waals surface area contributed by atoms with E-state index < -0.39 is 0 Å². The highest BCUT2D eigenvalue weighted by atomic mass is 32.1. The van der Waals surface area contributed by atoms with Gasteiger partial charge in [-0.2, -0.15) is 0 Å². The van der Waals surface area contributed by atoms with Gasteiger partial charge in [0.1, 0.15) is 5.70 Å². The predicted molar refractivity (Wildman–Crippen MR) is 99.6 cm³/mol. The second-order valence-corrected chi connectivity index (χ2v) is 7.77. The molecule has 4 nitrogen and oxygen atoms in total. The molecule has 1 aromatic heterocycles. The quantitative estimate of drug-likeness (QED) is 0.669. The van der Waals surface area contributed by atoms with Crippen LogP contribution in [0.1, 0.15) is 67.9 Å². The third-order valence-electron chi connectivity index (χ3n) is 5.58. The monoisotopic (exact) mass is 343 g/mol. The molecule has 0 spiro atoms. The van der Waals surface area contributed by atoms with E-state index in [2.05, 4.69) is 29.8 Å². The van der Waals surface area contributed by atoms with Crippen LogP contribution in [0.5, 0.6) is 0 Å². The zero-order chi connectivity index (χ0) is 16.8. The number of nitrogens with one attached hydrogen (secondary N) is 1. The van der Waals surface area contributed by atoms with E-state index in [0.717, 1.165) is 18.4 Å². The van der Waals surface area contributed by atoms with Crippen molar-refractivity contribution in [3.05, 3.63) is 28.7 Å². The first kappa shape index (κ1) is 15.9. The summed E-state index contributed by atoms with van der Waals surface area (Å²) in [6, 6.07) is 3.11. The maximum Gasteiger partial charge on any atom is 0.276 e. The minimum Gasteiger partial charge on any atom is -0.346 e. The molecule has 2 aliphatic carbocycles. The smallest absolute Gasteiger partial charge is 0.276 e. The van der Waals surface area contributed by atoms with E-state index in [-0.39, 0.29) is 11.9 Å². The van der Waals surface area contributed by atoms with Gasteiger partial charge in [0.2, 0.25) is 0 Å². The molecule has 0 radical (unpaired) electrons. The Hall–Kier alpha value is -1.62. The van der Waals surface area contributed by atoms with Crippen LogP contribution in [0.2, 0.25) is 0 Å². The van der Waals surface area contributed by atoms with E-state index in [4.69, 9.17) is 12.2 Å². The summed E-state index contributed by atoms with van der Waals surface area (Å²) in [5, 5.41) is 3.74. The summed E-state index contributed by atoms with van der Waals surface area (Å²) < 4.78 is 2.41. The minimum absolute atomic E-state index is 0.0446. The average molecular weight is 343 g/mol. The van der Waals surface area contributed by atoms with Crippen LogP contribution in [0.15, 0.2) is 11.8 Å². The van der Waals surface area contributed by atoms with Gasteiger partial charge >= 0.3 is 0 Å². The van der Waals surface area contributed by atoms with Crippen molar-refractivity contribution in [2.24, 2.45) is 0 Å². The third-order valence-corrected chi connectivity index (χ3v) is 5.88. The number of thiocarbonyl (C=S) groups is 1. The Morgan fingerprint density at radius 1 is 1.12 bits per heavy atom. The molecule has 1 aliphatic heterocycles. The standard InChI is InChI=1S/C19H25N3OS/c1-12-10-14(13(2)21(12)16-8-9-16)11-17-18(23)22(19(24)20-17)15-6-4-3-5-7-15/h10-11,15-16H,3-9H2,1-2H3,(H,20,24)/b17-11+. The van der Waals surface area contributed by atoms with Crippen molar-refractivity contribution in [2.75, 3.05) is 0 Å². The van der Waals surface area contributed by atoms with E-state index in [1.807, 2.05) is 11.0 Å². The van der Waals surface area contributed by atoms with Gasteiger partial charge < -0.3 is 9.88 Å². The van der Waals surface area contributed by atoms with E-state index in [0.29, 0.717) is 16.9 Å². The molecular weight excluding hydrogens is 318 g/mol. The molecule has 0 atom stereocenters. The van der Waals surface area contributed by atoms with E-state index in [1.165, 1.54) is 43.5 Å². The van der Waals surface area contributed by atoms with Crippen LogP contribution in [0.4, 0.5) is 0 Å². The lowest BCUT2D eigenvalue weighted by atomic mass is 9.94. The van der Waals surface area contributed by atoms with Gasteiger partial charge in [0.05, 0.1) is 0 Å². The molecule has 24 heavy (non-hydrogen) atoms. The fourth-order valence-electron chi connectivity index (χ4n) is 4.22. The molecule has 2 heterocycles. The number of hydrogen-bond donors (Lipinski definition) is 1. The topological polar surface area (TPSA) is 37.3 Å². The fourth-order valence-corrected chi connectivity index (χ4v) is 4.56. The molecule has 2 saturated carbocycles. The second kappa shape index (κ2) is 6.03. The van der Waals surface area contributed by atoms with Gasteiger partial charge in [-0.3, -0.25) is 9.69 Å². The summed E-state index contributed by atoms with van der Waals surface area (Å²) in [6.07, 6.45) is 10.3. The fraction of sp³-hybridized carbons (Fsp3) is 0.579.